The summed E-state index contributed by atoms with van der Waals surface area (Å²) in [4.78, 5) is 0. The molecule has 0 spiro atoms. The van der Waals surface area contributed by atoms with Crippen molar-refractivity contribution in [1.29, 1.82) is 0 Å². The highest BCUT2D eigenvalue weighted by molar-refractivity contribution is 7.87. The molecule has 0 rings (SSSR count). The van der Waals surface area contributed by atoms with Crippen LogP contribution < -0.4 is 0 Å². The van der Waals surface area contributed by atoms with Crippen LogP contribution in [0.15, 0.2) is 0 Å². The molecule has 0 aliphatic rings. The molecule has 0 aromatic heterocycles. The maximum absolute atomic E-state index is 14.0. The van der Waals surface area contributed by atoms with Gasteiger partial charge >= 0.3 is 47.0 Å². The summed E-state index contributed by atoms with van der Waals surface area (Å²) in [6, 6.07) is 0. The van der Waals surface area contributed by atoms with E-state index in [0.29, 0.717) is 0 Å². The molecular formula is C8F17O3S-. The van der Waals surface area contributed by atoms with Gasteiger partial charge in [0.2, 0.25) is 0 Å². The van der Waals surface area contributed by atoms with E-state index < -0.39 is 57.1 Å². The number of hydrogen-bond donors (Lipinski definition) is 0. The highest BCUT2D eigenvalue weighted by Gasteiger charge is 2.99. The van der Waals surface area contributed by atoms with Gasteiger partial charge in [0.05, 0.1) is 0 Å². The normalized spacial score (nSPS) is 18.6. The third kappa shape index (κ3) is 3.26. The molecule has 0 aliphatic carbocycles. The predicted molar refractivity (Wildman–Crippen MR) is 50.4 cm³/mol. The molecule has 0 saturated heterocycles. The Hall–Kier alpha value is -1.28. The molecule has 0 N–H and O–H groups in total. The summed E-state index contributed by atoms with van der Waals surface area (Å²) in [5.74, 6) is -9.24. The van der Waals surface area contributed by atoms with Crippen LogP contribution in [-0.4, -0.2) is 59.9 Å². The van der Waals surface area contributed by atoms with Gasteiger partial charge in [-0.25, -0.2) is 21.6 Å². The highest BCUT2D eigenvalue weighted by atomic mass is 32.2. The van der Waals surface area contributed by atoms with E-state index in [4.69, 9.17) is 0 Å². The molecule has 0 saturated carbocycles. The standard InChI is InChI=1S/C8HF17O3S/c9-1(5(14,15)16,6(17,18)19)3(11,12)4(13,29(26,27)28)2(10,7(20,21)22)8(23,24)25/h(H,26,27,28)/p-1. The van der Waals surface area contributed by atoms with Gasteiger partial charge in [-0.2, -0.15) is 61.5 Å². The Balaban J connectivity index is 7.94. The van der Waals surface area contributed by atoms with Crippen molar-refractivity contribution in [2.45, 2.75) is 47.0 Å². The van der Waals surface area contributed by atoms with Crippen molar-refractivity contribution in [3.05, 3.63) is 0 Å². The summed E-state index contributed by atoms with van der Waals surface area (Å²) in [6.45, 7) is 0. The largest absolute Gasteiger partial charge is 0.745 e. The maximum atomic E-state index is 14.0. The van der Waals surface area contributed by atoms with Crippen LogP contribution in [0.4, 0.5) is 74.6 Å². The fourth-order valence-electron chi connectivity index (χ4n) is 1.81. The summed E-state index contributed by atoms with van der Waals surface area (Å²) >= 11 is 0. The molecular weight excluding hydrogens is 499 g/mol. The van der Waals surface area contributed by atoms with Gasteiger partial charge in [-0.15, -0.1) is 0 Å². The summed E-state index contributed by atoms with van der Waals surface area (Å²) in [5.41, 5.74) is -17.9. The first-order valence-electron chi connectivity index (χ1n) is 5.67. The minimum Gasteiger partial charge on any atom is -0.745 e. The van der Waals surface area contributed by atoms with E-state index in [2.05, 4.69) is 0 Å². The smallest absolute Gasteiger partial charge is 0.437 e. The topological polar surface area (TPSA) is 57.2 Å². The maximum Gasteiger partial charge on any atom is 0.437 e. The summed E-state index contributed by atoms with van der Waals surface area (Å²) in [6.07, 6.45) is -33.8. The fraction of sp³-hybridized carbons (Fsp3) is 1.00. The molecule has 0 aliphatic heterocycles. The minimum absolute atomic E-state index is 8.42. The van der Waals surface area contributed by atoms with Crippen LogP contribution in [0, 0.1) is 0 Å². The zero-order chi connectivity index (χ0) is 24.5. The number of hydrogen-bond acceptors (Lipinski definition) is 3. The zero-order valence-corrected chi connectivity index (χ0v) is 12.9. The Morgan fingerprint density at radius 1 is 0.448 bits per heavy atom. The molecule has 1 atom stereocenters. The van der Waals surface area contributed by atoms with Crippen molar-refractivity contribution in [3.63, 3.8) is 0 Å². The Labute approximate surface area is 146 Å². The average Bonchev–Trinajstić information content (AvgIpc) is 2.37. The second-order valence-corrected chi connectivity index (χ2v) is 6.40. The number of halogens is 17. The van der Waals surface area contributed by atoms with Crippen LogP contribution in [0.25, 0.3) is 0 Å². The molecule has 0 fully saturated rings. The van der Waals surface area contributed by atoms with Gasteiger partial charge in [0.25, 0.3) is 0 Å². The summed E-state index contributed by atoms with van der Waals surface area (Å²) in [7, 11) is -9.17. The van der Waals surface area contributed by atoms with Crippen LogP contribution in [0.1, 0.15) is 0 Å². The van der Waals surface area contributed by atoms with Gasteiger partial charge in [-0.05, 0) is 0 Å². The van der Waals surface area contributed by atoms with Crippen molar-refractivity contribution in [1.82, 2.24) is 0 Å². The van der Waals surface area contributed by atoms with Crippen molar-refractivity contribution in [2.24, 2.45) is 0 Å². The summed E-state index contributed by atoms with van der Waals surface area (Å²) in [5, 5.41) is -9.09. The molecule has 0 aromatic rings. The second-order valence-electron chi connectivity index (χ2n) is 4.93. The van der Waals surface area contributed by atoms with E-state index in [0.717, 1.165) is 0 Å². The average molecular weight is 499 g/mol. The van der Waals surface area contributed by atoms with Crippen LogP contribution in [0.5, 0.6) is 0 Å². The Morgan fingerprint density at radius 3 is 0.793 bits per heavy atom. The number of alkyl halides is 17. The SMILES string of the molecule is O=S(=O)([O-])C(F)(C(F)(F)C(F)(C(F)(F)F)C(F)(F)F)C(F)(C(F)(F)F)C(F)(F)F. The van der Waals surface area contributed by atoms with E-state index in [1.165, 1.54) is 0 Å². The molecule has 176 valence electrons. The lowest BCUT2D eigenvalue weighted by Gasteiger charge is -2.49. The van der Waals surface area contributed by atoms with Crippen molar-refractivity contribution in [2.75, 3.05) is 0 Å². The van der Waals surface area contributed by atoms with Crippen molar-refractivity contribution >= 4 is 10.1 Å². The molecule has 0 radical (unpaired) electrons. The lowest BCUT2D eigenvalue weighted by atomic mass is 9.83. The Bertz CT molecular complexity index is 696. The van der Waals surface area contributed by atoms with E-state index in [-0.39, 0.29) is 0 Å². The predicted octanol–water partition coefficient (Wildman–Crippen LogP) is 4.50. The van der Waals surface area contributed by atoms with Gasteiger partial charge in [0, 0.05) is 0 Å². The van der Waals surface area contributed by atoms with E-state index >= 15 is 0 Å². The van der Waals surface area contributed by atoms with E-state index in [1.807, 2.05) is 0 Å². The van der Waals surface area contributed by atoms with Gasteiger partial charge in [-0.3, -0.25) is 0 Å². The zero-order valence-electron chi connectivity index (χ0n) is 12.1. The lowest BCUT2D eigenvalue weighted by molar-refractivity contribution is -0.441. The molecule has 29 heavy (non-hydrogen) atoms. The van der Waals surface area contributed by atoms with Crippen molar-refractivity contribution in [3.8, 4) is 0 Å². The molecule has 0 aromatic carbocycles. The highest BCUT2D eigenvalue weighted by Crippen LogP contribution is 2.67. The second kappa shape index (κ2) is 6.36. The van der Waals surface area contributed by atoms with Gasteiger partial charge in [-0.1, -0.05) is 0 Å². The lowest BCUT2D eigenvalue weighted by Crippen LogP contribution is -2.82. The number of rotatable bonds is 4. The van der Waals surface area contributed by atoms with E-state index in [9.17, 15) is 87.6 Å². The van der Waals surface area contributed by atoms with Gasteiger partial charge in [0.1, 0.15) is 10.1 Å². The third-order valence-corrected chi connectivity index (χ3v) is 4.41. The van der Waals surface area contributed by atoms with Crippen LogP contribution in [0.3, 0.4) is 0 Å². The first-order valence-corrected chi connectivity index (χ1v) is 7.08. The van der Waals surface area contributed by atoms with Gasteiger partial charge < -0.3 is 4.55 Å². The molecule has 0 bridgehead atoms. The molecule has 1 unspecified atom stereocenters. The van der Waals surface area contributed by atoms with Crippen LogP contribution in [-0.2, 0) is 10.1 Å². The first-order chi connectivity index (χ1) is 12.0. The third-order valence-electron chi connectivity index (χ3n) is 3.19. The fourth-order valence-corrected chi connectivity index (χ4v) is 2.84. The molecule has 21 heteroatoms. The molecule has 0 amide bonds. The monoisotopic (exact) mass is 499 g/mol. The first kappa shape index (κ1) is 27.7. The quantitative estimate of drug-likeness (QED) is 0.423. The Morgan fingerprint density at radius 2 is 0.655 bits per heavy atom. The molecule has 0 heterocycles. The molecule has 3 nitrogen and oxygen atoms in total. The van der Waals surface area contributed by atoms with E-state index in [1.54, 1.807) is 0 Å². The van der Waals surface area contributed by atoms with Crippen LogP contribution >= 0.6 is 0 Å². The Kier molecular flexibility index (Phi) is 6.08. The van der Waals surface area contributed by atoms with Crippen molar-refractivity contribution < 1.29 is 87.6 Å². The van der Waals surface area contributed by atoms with Gasteiger partial charge in [0.15, 0.2) is 0 Å². The summed E-state index contributed by atoms with van der Waals surface area (Å²) < 4.78 is 247. The van der Waals surface area contributed by atoms with Crippen LogP contribution in [0.2, 0.25) is 0 Å². The minimum atomic E-state index is -9.24.